The number of allylic oxidation sites excluding steroid dienone is 7. The molecule has 0 nitrogen and oxygen atoms in total. The molecule has 1 aliphatic rings. The molecule has 0 aliphatic heterocycles. The fourth-order valence-electron chi connectivity index (χ4n) is 1.46. The zero-order chi connectivity index (χ0) is 11.7. The van der Waals surface area contributed by atoms with Crippen LogP contribution < -0.4 is 0 Å². The third-order valence-corrected chi connectivity index (χ3v) is 2.35. The summed E-state index contributed by atoms with van der Waals surface area (Å²) in [6.45, 7) is 6.56. The minimum absolute atomic E-state index is 0.476. The molecule has 0 aromatic carbocycles. The summed E-state index contributed by atoms with van der Waals surface area (Å²) in [4.78, 5) is 0. The van der Waals surface area contributed by atoms with Gasteiger partial charge in [0, 0.05) is 11.0 Å². The van der Waals surface area contributed by atoms with Crippen LogP contribution in [0.2, 0.25) is 0 Å². The first-order valence-corrected chi connectivity index (χ1v) is 4.59. The topological polar surface area (TPSA) is 0 Å². The van der Waals surface area contributed by atoms with E-state index < -0.39 is 17.2 Å². The van der Waals surface area contributed by atoms with Crippen molar-refractivity contribution >= 4 is 0 Å². The standard InChI is InChI=1S/C12H13F3/c1-4-9-6-5-7-11(2,3)10(8-9)12(13,14)15/h4-8H,1H2,2-3H3. The van der Waals surface area contributed by atoms with Crippen LogP contribution in [0.15, 0.2) is 48.1 Å². The maximum Gasteiger partial charge on any atom is 0.413 e. The van der Waals surface area contributed by atoms with Gasteiger partial charge in [-0.3, -0.25) is 0 Å². The number of hydrogen-bond acceptors (Lipinski definition) is 0. The summed E-state index contributed by atoms with van der Waals surface area (Å²) >= 11 is 0. The van der Waals surface area contributed by atoms with Crippen LogP contribution in [0.5, 0.6) is 0 Å². The molecule has 0 atom stereocenters. The van der Waals surface area contributed by atoms with E-state index in [0.717, 1.165) is 6.08 Å². The highest BCUT2D eigenvalue weighted by molar-refractivity contribution is 5.42. The zero-order valence-electron chi connectivity index (χ0n) is 8.73. The summed E-state index contributed by atoms with van der Waals surface area (Å²) in [5.74, 6) is 0. The first kappa shape index (κ1) is 11.8. The number of alkyl halides is 3. The summed E-state index contributed by atoms with van der Waals surface area (Å²) in [5.41, 5.74) is -1.07. The SMILES string of the molecule is C=CC1=CC=CC(C)(C)C(C(F)(F)F)=C1. The van der Waals surface area contributed by atoms with E-state index in [2.05, 4.69) is 6.58 Å². The predicted octanol–water partition coefficient (Wildman–Crippen LogP) is 4.18. The Morgan fingerprint density at radius 3 is 2.40 bits per heavy atom. The number of hydrogen-bond donors (Lipinski definition) is 0. The van der Waals surface area contributed by atoms with Gasteiger partial charge in [0.05, 0.1) is 0 Å². The molecule has 0 N–H and O–H groups in total. The maximum atomic E-state index is 12.8. The molecule has 0 amide bonds. The average molecular weight is 214 g/mol. The average Bonchev–Trinajstić information content (AvgIpc) is 2.22. The highest BCUT2D eigenvalue weighted by atomic mass is 19.4. The van der Waals surface area contributed by atoms with E-state index in [-0.39, 0.29) is 0 Å². The van der Waals surface area contributed by atoms with E-state index in [1.54, 1.807) is 32.1 Å². The third kappa shape index (κ3) is 2.61. The fourth-order valence-corrected chi connectivity index (χ4v) is 1.46. The number of halogens is 3. The van der Waals surface area contributed by atoms with Crippen molar-refractivity contribution in [3.63, 3.8) is 0 Å². The van der Waals surface area contributed by atoms with Gasteiger partial charge in [-0.2, -0.15) is 13.2 Å². The van der Waals surface area contributed by atoms with Crippen molar-refractivity contribution in [2.75, 3.05) is 0 Å². The van der Waals surface area contributed by atoms with Gasteiger partial charge >= 0.3 is 6.18 Å². The molecule has 0 spiro atoms. The molecule has 0 aromatic heterocycles. The normalized spacial score (nSPS) is 20.3. The van der Waals surface area contributed by atoms with E-state index in [1.165, 1.54) is 6.08 Å². The van der Waals surface area contributed by atoms with E-state index in [0.29, 0.717) is 5.57 Å². The molecule has 0 heterocycles. The lowest BCUT2D eigenvalue weighted by Crippen LogP contribution is -2.25. The Morgan fingerprint density at radius 1 is 1.33 bits per heavy atom. The van der Waals surface area contributed by atoms with Crippen molar-refractivity contribution in [3.05, 3.63) is 48.1 Å². The van der Waals surface area contributed by atoms with Crippen molar-refractivity contribution in [1.82, 2.24) is 0 Å². The Hall–Kier alpha value is -1.25. The van der Waals surface area contributed by atoms with Gasteiger partial charge in [0.25, 0.3) is 0 Å². The van der Waals surface area contributed by atoms with Gasteiger partial charge in [-0.05, 0) is 11.6 Å². The lowest BCUT2D eigenvalue weighted by atomic mass is 9.83. The van der Waals surface area contributed by atoms with Crippen LogP contribution in [0.3, 0.4) is 0 Å². The highest BCUT2D eigenvalue weighted by Gasteiger charge is 2.42. The number of rotatable bonds is 1. The molecule has 0 bridgehead atoms. The molecule has 0 saturated heterocycles. The van der Waals surface area contributed by atoms with Crippen LogP contribution in [0.25, 0.3) is 0 Å². The van der Waals surface area contributed by atoms with Crippen LogP contribution in [-0.2, 0) is 0 Å². The van der Waals surface area contributed by atoms with Crippen LogP contribution in [0.4, 0.5) is 13.2 Å². The summed E-state index contributed by atoms with van der Waals surface area (Å²) in [7, 11) is 0. The van der Waals surface area contributed by atoms with Gasteiger partial charge in [-0.1, -0.05) is 44.7 Å². The van der Waals surface area contributed by atoms with Crippen molar-refractivity contribution in [3.8, 4) is 0 Å². The highest BCUT2D eigenvalue weighted by Crippen LogP contribution is 2.41. The van der Waals surface area contributed by atoms with Crippen LogP contribution in [0, 0.1) is 5.41 Å². The molecule has 0 radical (unpaired) electrons. The molecular weight excluding hydrogens is 201 g/mol. The zero-order valence-corrected chi connectivity index (χ0v) is 8.73. The Balaban J connectivity index is 3.29. The molecule has 0 unspecified atom stereocenters. The van der Waals surface area contributed by atoms with Gasteiger partial charge < -0.3 is 0 Å². The van der Waals surface area contributed by atoms with E-state index in [1.807, 2.05) is 0 Å². The van der Waals surface area contributed by atoms with Crippen LogP contribution >= 0.6 is 0 Å². The van der Waals surface area contributed by atoms with Gasteiger partial charge in [-0.25, -0.2) is 0 Å². The van der Waals surface area contributed by atoms with E-state index in [9.17, 15) is 13.2 Å². The van der Waals surface area contributed by atoms with Gasteiger partial charge in [0.2, 0.25) is 0 Å². The second kappa shape index (κ2) is 3.72. The quantitative estimate of drug-likeness (QED) is 0.614. The van der Waals surface area contributed by atoms with Crippen molar-refractivity contribution in [2.24, 2.45) is 5.41 Å². The molecule has 0 aromatic rings. The molecule has 3 heteroatoms. The Bertz CT molecular complexity index is 352. The maximum absolute atomic E-state index is 12.8. The molecule has 0 saturated carbocycles. The van der Waals surface area contributed by atoms with Crippen molar-refractivity contribution in [1.29, 1.82) is 0 Å². The lowest BCUT2D eigenvalue weighted by Gasteiger charge is -2.25. The van der Waals surface area contributed by atoms with E-state index >= 15 is 0 Å². The first-order chi connectivity index (χ1) is 6.77. The minimum atomic E-state index is -4.31. The molecule has 15 heavy (non-hydrogen) atoms. The molecule has 0 fully saturated rings. The Labute approximate surface area is 87.5 Å². The second-order valence-corrected chi connectivity index (χ2v) is 4.01. The summed E-state index contributed by atoms with van der Waals surface area (Å²) in [5, 5.41) is 0. The monoisotopic (exact) mass is 214 g/mol. The second-order valence-electron chi connectivity index (χ2n) is 4.01. The van der Waals surface area contributed by atoms with Gasteiger partial charge in [0.1, 0.15) is 0 Å². The van der Waals surface area contributed by atoms with E-state index in [4.69, 9.17) is 0 Å². The summed E-state index contributed by atoms with van der Waals surface area (Å²) in [6, 6.07) is 0. The molecular formula is C12H13F3. The van der Waals surface area contributed by atoms with Crippen molar-refractivity contribution < 1.29 is 13.2 Å². The summed E-state index contributed by atoms with van der Waals surface area (Å²) in [6.07, 6.45) is 3.05. The third-order valence-electron chi connectivity index (χ3n) is 2.35. The molecule has 82 valence electrons. The molecule has 1 rings (SSSR count). The van der Waals surface area contributed by atoms with Crippen molar-refractivity contribution in [2.45, 2.75) is 20.0 Å². The smallest absolute Gasteiger partial charge is 0.166 e. The Kier molecular flexibility index (Phi) is 2.93. The van der Waals surface area contributed by atoms with Gasteiger partial charge in [0.15, 0.2) is 0 Å². The summed E-state index contributed by atoms with van der Waals surface area (Å²) < 4.78 is 38.3. The predicted molar refractivity (Wildman–Crippen MR) is 55.3 cm³/mol. The molecule has 1 aliphatic carbocycles. The fraction of sp³-hybridized carbons (Fsp3) is 0.333. The first-order valence-electron chi connectivity index (χ1n) is 4.59. The van der Waals surface area contributed by atoms with Crippen LogP contribution in [0.1, 0.15) is 13.8 Å². The minimum Gasteiger partial charge on any atom is -0.166 e. The van der Waals surface area contributed by atoms with Gasteiger partial charge in [-0.15, -0.1) is 0 Å². The lowest BCUT2D eigenvalue weighted by molar-refractivity contribution is -0.102. The van der Waals surface area contributed by atoms with Crippen LogP contribution in [-0.4, -0.2) is 6.18 Å². The largest absolute Gasteiger partial charge is 0.413 e. The Morgan fingerprint density at radius 2 is 1.93 bits per heavy atom.